The van der Waals surface area contributed by atoms with Crippen LogP contribution in [0.2, 0.25) is 0 Å². The SMILES string of the molecule is CC(C(=O)N1CCOCC1)N1CCN(C(=O)C2(N)CCOCC2)CC1. The molecule has 142 valence electrons. The molecule has 3 aliphatic heterocycles. The van der Waals surface area contributed by atoms with E-state index in [2.05, 4.69) is 4.90 Å². The second-order valence-corrected chi connectivity index (χ2v) is 7.21. The van der Waals surface area contributed by atoms with Crippen LogP contribution in [0, 0.1) is 0 Å². The average Bonchev–Trinajstić information content (AvgIpc) is 2.67. The second kappa shape index (κ2) is 7.99. The fraction of sp³-hybridized carbons (Fsp3) is 0.882. The first-order chi connectivity index (χ1) is 12.0. The van der Waals surface area contributed by atoms with Gasteiger partial charge in [0.2, 0.25) is 11.8 Å². The zero-order valence-electron chi connectivity index (χ0n) is 15.1. The smallest absolute Gasteiger partial charge is 0.242 e. The van der Waals surface area contributed by atoms with Crippen molar-refractivity contribution in [2.45, 2.75) is 31.3 Å². The van der Waals surface area contributed by atoms with Gasteiger partial charge in [0.15, 0.2) is 0 Å². The van der Waals surface area contributed by atoms with Crippen molar-refractivity contribution >= 4 is 11.8 Å². The zero-order chi connectivity index (χ0) is 17.9. The van der Waals surface area contributed by atoms with Gasteiger partial charge in [-0.3, -0.25) is 14.5 Å². The standard InChI is InChI=1S/C17H30N4O4/c1-14(15(22)20-8-12-25-13-9-20)19-4-6-21(7-5-19)16(23)17(18)2-10-24-11-3-17/h14H,2-13,18H2,1H3. The number of carbonyl (C=O) groups is 2. The maximum absolute atomic E-state index is 12.8. The number of ether oxygens (including phenoxy) is 2. The lowest BCUT2D eigenvalue weighted by Crippen LogP contribution is -2.62. The first kappa shape index (κ1) is 18.6. The van der Waals surface area contributed by atoms with Gasteiger partial charge in [0.25, 0.3) is 0 Å². The minimum absolute atomic E-state index is 0.0302. The van der Waals surface area contributed by atoms with Gasteiger partial charge in [-0.1, -0.05) is 0 Å². The van der Waals surface area contributed by atoms with Gasteiger partial charge in [-0.2, -0.15) is 0 Å². The summed E-state index contributed by atoms with van der Waals surface area (Å²) in [6.07, 6.45) is 1.16. The third-order valence-corrected chi connectivity index (χ3v) is 5.64. The van der Waals surface area contributed by atoms with Crippen molar-refractivity contribution in [1.29, 1.82) is 0 Å². The fourth-order valence-corrected chi connectivity index (χ4v) is 3.78. The molecule has 0 spiro atoms. The Labute approximate surface area is 149 Å². The molecular weight excluding hydrogens is 324 g/mol. The molecule has 8 heteroatoms. The fourth-order valence-electron chi connectivity index (χ4n) is 3.78. The summed E-state index contributed by atoms with van der Waals surface area (Å²) in [5.41, 5.74) is 5.53. The van der Waals surface area contributed by atoms with Crippen molar-refractivity contribution in [3.63, 3.8) is 0 Å². The van der Waals surface area contributed by atoms with Crippen molar-refractivity contribution in [1.82, 2.24) is 14.7 Å². The third kappa shape index (κ3) is 4.13. The van der Waals surface area contributed by atoms with Gasteiger partial charge in [0.1, 0.15) is 0 Å². The van der Waals surface area contributed by atoms with Crippen molar-refractivity contribution in [3.05, 3.63) is 0 Å². The number of morpholine rings is 1. The molecule has 2 N–H and O–H groups in total. The Balaban J connectivity index is 1.50. The molecule has 1 atom stereocenters. The van der Waals surface area contributed by atoms with Crippen LogP contribution in [0.15, 0.2) is 0 Å². The molecular formula is C17H30N4O4. The lowest BCUT2D eigenvalue weighted by molar-refractivity contribution is -0.145. The maximum Gasteiger partial charge on any atom is 0.242 e. The molecule has 0 radical (unpaired) electrons. The van der Waals surface area contributed by atoms with Crippen LogP contribution in [0.1, 0.15) is 19.8 Å². The summed E-state index contributed by atoms with van der Waals surface area (Å²) in [5.74, 6) is 0.186. The molecule has 0 aromatic carbocycles. The molecule has 0 aliphatic carbocycles. The molecule has 1 unspecified atom stereocenters. The zero-order valence-corrected chi connectivity index (χ0v) is 15.1. The minimum Gasteiger partial charge on any atom is -0.381 e. The highest BCUT2D eigenvalue weighted by Gasteiger charge is 2.40. The number of hydrogen-bond acceptors (Lipinski definition) is 6. The van der Waals surface area contributed by atoms with E-state index in [1.54, 1.807) is 0 Å². The van der Waals surface area contributed by atoms with Crippen molar-refractivity contribution in [3.8, 4) is 0 Å². The van der Waals surface area contributed by atoms with Crippen LogP contribution in [0.4, 0.5) is 0 Å². The Kier molecular flexibility index (Phi) is 5.93. The van der Waals surface area contributed by atoms with Crippen LogP contribution < -0.4 is 5.73 Å². The number of rotatable bonds is 3. The van der Waals surface area contributed by atoms with E-state index in [-0.39, 0.29) is 17.9 Å². The molecule has 2 amide bonds. The lowest BCUT2D eigenvalue weighted by atomic mass is 9.89. The van der Waals surface area contributed by atoms with E-state index in [0.29, 0.717) is 78.5 Å². The van der Waals surface area contributed by atoms with E-state index >= 15 is 0 Å². The lowest BCUT2D eigenvalue weighted by Gasteiger charge is -2.42. The summed E-state index contributed by atoms with van der Waals surface area (Å²) >= 11 is 0. The Bertz CT molecular complexity index is 481. The van der Waals surface area contributed by atoms with Crippen molar-refractivity contribution in [2.75, 3.05) is 65.7 Å². The molecule has 0 aromatic rings. The molecule has 0 bridgehead atoms. The first-order valence-corrected chi connectivity index (χ1v) is 9.28. The molecule has 3 rings (SSSR count). The van der Waals surface area contributed by atoms with Crippen LogP contribution in [0.25, 0.3) is 0 Å². The van der Waals surface area contributed by atoms with E-state index < -0.39 is 5.54 Å². The van der Waals surface area contributed by atoms with Crippen LogP contribution in [-0.2, 0) is 19.1 Å². The van der Waals surface area contributed by atoms with E-state index in [9.17, 15) is 9.59 Å². The summed E-state index contributed by atoms with van der Waals surface area (Å²) in [6.45, 7) is 8.27. The van der Waals surface area contributed by atoms with Gasteiger partial charge in [0.05, 0.1) is 24.8 Å². The van der Waals surface area contributed by atoms with E-state index in [4.69, 9.17) is 15.2 Å². The van der Waals surface area contributed by atoms with Gasteiger partial charge in [0, 0.05) is 52.5 Å². The molecule has 3 heterocycles. The highest BCUT2D eigenvalue weighted by molar-refractivity contribution is 5.86. The summed E-state index contributed by atoms with van der Waals surface area (Å²) in [5, 5.41) is 0. The van der Waals surface area contributed by atoms with Gasteiger partial charge in [-0.25, -0.2) is 0 Å². The van der Waals surface area contributed by atoms with E-state index in [1.165, 1.54) is 0 Å². The molecule has 0 saturated carbocycles. The summed E-state index contributed by atoms with van der Waals surface area (Å²) in [7, 11) is 0. The summed E-state index contributed by atoms with van der Waals surface area (Å²) < 4.78 is 10.6. The molecule has 25 heavy (non-hydrogen) atoms. The van der Waals surface area contributed by atoms with Crippen LogP contribution in [-0.4, -0.2) is 104 Å². The first-order valence-electron chi connectivity index (χ1n) is 9.28. The normalized spacial score (nSPS) is 26.3. The largest absolute Gasteiger partial charge is 0.381 e. The summed E-state index contributed by atoms with van der Waals surface area (Å²) in [6, 6.07) is -0.162. The topological polar surface area (TPSA) is 88.3 Å². The van der Waals surface area contributed by atoms with Gasteiger partial charge in [-0.15, -0.1) is 0 Å². The van der Waals surface area contributed by atoms with Crippen molar-refractivity contribution in [2.24, 2.45) is 5.73 Å². The molecule has 8 nitrogen and oxygen atoms in total. The van der Waals surface area contributed by atoms with Crippen molar-refractivity contribution < 1.29 is 19.1 Å². The highest BCUT2D eigenvalue weighted by atomic mass is 16.5. The van der Waals surface area contributed by atoms with Gasteiger partial charge in [-0.05, 0) is 19.8 Å². The summed E-state index contributed by atoms with van der Waals surface area (Å²) in [4.78, 5) is 31.3. The monoisotopic (exact) mass is 354 g/mol. The Morgan fingerprint density at radius 3 is 2.04 bits per heavy atom. The van der Waals surface area contributed by atoms with Gasteiger partial charge < -0.3 is 25.0 Å². The van der Waals surface area contributed by atoms with Crippen LogP contribution in [0.5, 0.6) is 0 Å². The van der Waals surface area contributed by atoms with Gasteiger partial charge >= 0.3 is 0 Å². The number of piperazine rings is 1. The Morgan fingerprint density at radius 2 is 1.44 bits per heavy atom. The molecule has 3 aliphatic rings. The maximum atomic E-state index is 12.8. The molecule has 3 saturated heterocycles. The van der Waals surface area contributed by atoms with E-state index in [0.717, 1.165) is 0 Å². The Hall–Kier alpha value is -1.22. The van der Waals surface area contributed by atoms with Crippen LogP contribution in [0.3, 0.4) is 0 Å². The molecule has 0 aromatic heterocycles. The minimum atomic E-state index is -0.782. The number of carbonyl (C=O) groups excluding carboxylic acids is 2. The number of nitrogens with two attached hydrogens (primary N) is 1. The number of amides is 2. The third-order valence-electron chi connectivity index (χ3n) is 5.64. The predicted octanol–water partition coefficient (Wildman–Crippen LogP) is -1.11. The number of hydrogen-bond donors (Lipinski definition) is 1. The van der Waals surface area contributed by atoms with Crippen LogP contribution >= 0.6 is 0 Å². The highest BCUT2D eigenvalue weighted by Crippen LogP contribution is 2.22. The number of nitrogens with zero attached hydrogens (tertiary/aromatic N) is 3. The predicted molar refractivity (Wildman–Crippen MR) is 92.0 cm³/mol. The molecule has 3 fully saturated rings. The average molecular weight is 354 g/mol. The second-order valence-electron chi connectivity index (χ2n) is 7.21. The quantitative estimate of drug-likeness (QED) is 0.691. The van der Waals surface area contributed by atoms with E-state index in [1.807, 2.05) is 16.7 Å². The Morgan fingerprint density at radius 1 is 0.880 bits per heavy atom.